The van der Waals surface area contributed by atoms with Crippen molar-refractivity contribution in [2.24, 2.45) is 0 Å². The number of carbonyl (C=O) groups is 2. The number of benzene rings is 3. The summed E-state index contributed by atoms with van der Waals surface area (Å²) in [7, 11) is 0. The number of fused-ring (bicyclic) bond motifs is 1. The van der Waals surface area contributed by atoms with Crippen molar-refractivity contribution in [2.45, 2.75) is 24.9 Å². The van der Waals surface area contributed by atoms with Crippen molar-refractivity contribution in [3.63, 3.8) is 0 Å². The zero-order valence-electron chi connectivity index (χ0n) is 18.1. The highest BCUT2D eigenvalue weighted by molar-refractivity contribution is 7.99. The number of ketones is 1. The molecule has 0 aliphatic heterocycles. The Morgan fingerprint density at radius 2 is 1.82 bits per heavy atom. The van der Waals surface area contributed by atoms with E-state index in [-0.39, 0.29) is 17.4 Å². The van der Waals surface area contributed by atoms with Gasteiger partial charge in [0, 0.05) is 30.5 Å². The van der Waals surface area contributed by atoms with E-state index < -0.39 is 0 Å². The van der Waals surface area contributed by atoms with E-state index in [0.29, 0.717) is 28.7 Å². The van der Waals surface area contributed by atoms with E-state index in [2.05, 4.69) is 15.5 Å². The third-order valence-electron chi connectivity index (χ3n) is 5.12. The molecule has 33 heavy (non-hydrogen) atoms. The highest BCUT2D eigenvalue weighted by atomic mass is 35.5. The van der Waals surface area contributed by atoms with Gasteiger partial charge >= 0.3 is 0 Å². The van der Waals surface area contributed by atoms with Crippen LogP contribution in [-0.4, -0.2) is 38.8 Å². The number of thioether (sulfide) groups is 1. The monoisotopic (exact) mass is 478 g/mol. The summed E-state index contributed by atoms with van der Waals surface area (Å²) in [5.74, 6) is 0.958. The van der Waals surface area contributed by atoms with Gasteiger partial charge in [0.2, 0.25) is 5.91 Å². The molecular formula is C25H23ClN4O2S. The van der Waals surface area contributed by atoms with E-state index in [4.69, 9.17) is 11.6 Å². The Morgan fingerprint density at radius 1 is 1.00 bits per heavy atom. The van der Waals surface area contributed by atoms with Crippen LogP contribution in [0.2, 0.25) is 5.02 Å². The molecule has 0 saturated heterocycles. The molecule has 4 rings (SSSR count). The maximum atomic E-state index is 12.9. The molecule has 0 saturated carbocycles. The molecule has 1 heterocycles. The smallest absolute Gasteiger partial charge is 0.216 e. The van der Waals surface area contributed by atoms with Gasteiger partial charge in [0.1, 0.15) is 5.82 Å². The first-order valence-corrected chi connectivity index (χ1v) is 12.0. The van der Waals surface area contributed by atoms with Gasteiger partial charge in [-0.2, -0.15) is 0 Å². The highest BCUT2D eigenvalue weighted by Gasteiger charge is 2.17. The first kappa shape index (κ1) is 23.0. The van der Waals surface area contributed by atoms with Gasteiger partial charge in [0.25, 0.3) is 0 Å². The fourth-order valence-corrected chi connectivity index (χ4v) is 4.57. The van der Waals surface area contributed by atoms with Crippen LogP contribution in [0.15, 0.2) is 71.9 Å². The SMILES string of the molecule is CC(=O)NCCCc1nnc(SCC(=O)c2ccc3ccccc3c2)n1-c1cccc(Cl)c1. The lowest BCUT2D eigenvalue weighted by Gasteiger charge is -2.11. The van der Waals surface area contributed by atoms with Crippen molar-refractivity contribution in [1.82, 2.24) is 20.1 Å². The van der Waals surface area contributed by atoms with Crippen molar-refractivity contribution < 1.29 is 9.59 Å². The number of amides is 1. The zero-order chi connectivity index (χ0) is 23.2. The summed E-state index contributed by atoms with van der Waals surface area (Å²) in [4.78, 5) is 24.0. The molecule has 0 fully saturated rings. The summed E-state index contributed by atoms with van der Waals surface area (Å²) in [6.07, 6.45) is 1.35. The van der Waals surface area contributed by atoms with Crippen molar-refractivity contribution in [2.75, 3.05) is 12.3 Å². The molecule has 0 aliphatic rings. The van der Waals surface area contributed by atoms with Crippen LogP contribution in [0, 0.1) is 0 Å². The second kappa shape index (κ2) is 10.6. The number of nitrogens with one attached hydrogen (secondary N) is 1. The molecule has 8 heteroatoms. The normalized spacial score (nSPS) is 11.0. The number of nitrogens with zero attached hydrogens (tertiary/aromatic N) is 3. The molecule has 168 valence electrons. The Balaban J connectivity index is 1.53. The predicted molar refractivity (Wildman–Crippen MR) is 132 cm³/mol. The van der Waals surface area contributed by atoms with Crippen molar-refractivity contribution in [1.29, 1.82) is 0 Å². The number of hydrogen-bond donors (Lipinski definition) is 1. The summed E-state index contributed by atoms with van der Waals surface area (Å²) in [6.45, 7) is 2.05. The summed E-state index contributed by atoms with van der Waals surface area (Å²) in [6, 6.07) is 21.2. The van der Waals surface area contributed by atoms with Crippen LogP contribution in [0.3, 0.4) is 0 Å². The number of aromatic nitrogens is 3. The third-order valence-corrected chi connectivity index (χ3v) is 6.29. The maximum Gasteiger partial charge on any atom is 0.216 e. The summed E-state index contributed by atoms with van der Waals surface area (Å²) in [5, 5.41) is 14.9. The van der Waals surface area contributed by atoms with Crippen molar-refractivity contribution in [3.8, 4) is 5.69 Å². The molecule has 0 spiro atoms. The van der Waals surface area contributed by atoms with Gasteiger partial charge in [-0.25, -0.2) is 0 Å². The number of aryl methyl sites for hydroxylation is 1. The second-order valence-electron chi connectivity index (χ2n) is 7.57. The van der Waals surface area contributed by atoms with Crippen molar-refractivity contribution >= 4 is 45.8 Å². The van der Waals surface area contributed by atoms with Crippen LogP contribution < -0.4 is 5.32 Å². The van der Waals surface area contributed by atoms with Crippen molar-refractivity contribution in [3.05, 3.63) is 83.1 Å². The Bertz CT molecular complexity index is 1300. The molecule has 0 bridgehead atoms. The summed E-state index contributed by atoms with van der Waals surface area (Å²) in [5.41, 5.74) is 1.51. The Hall–Kier alpha value is -3.16. The van der Waals surface area contributed by atoms with Crippen LogP contribution >= 0.6 is 23.4 Å². The first-order valence-electron chi connectivity index (χ1n) is 10.6. The van der Waals surface area contributed by atoms with Crippen LogP contribution in [0.5, 0.6) is 0 Å². The lowest BCUT2D eigenvalue weighted by Crippen LogP contribution is -2.21. The van der Waals surface area contributed by atoms with E-state index >= 15 is 0 Å². The molecule has 1 amide bonds. The van der Waals surface area contributed by atoms with Crippen LogP contribution in [0.1, 0.15) is 29.5 Å². The number of carbonyl (C=O) groups excluding carboxylic acids is 2. The Morgan fingerprint density at radius 3 is 2.61 bits per heavy atom. The Labute approximate surface area is 201 Å². The van der Waals surface area contributed by atoms with E-state index in [1.807, 2.05) is 71.3 Å². The third kappa shape index (κ3) is 5.80. The average molecular weight is 479 g/mol. The second-order valence-corrected chi connectivity index (χ2v) is 8.95. The minimum absolute atomic E-state index is 0.0265. The lowest BCUT2D eigenvalue weighted by molar-refractivity contribution is -0.118. The quantitative estimate of drug-likeness (QED) is 0.205. The van der Waals surface area contributed by atoms with Gasteiger partial charge in [-0.05, 0) is 41.5 Å². The van der Waals surface area contributed by atoms with Crippen LogP contribution in [0.4, 0.5) is 0 Å². The van der Waals surface area contributed by atoms with Gasteiger partial charge in [0.05, 0.1) is 11.4 Å². The summed E-state index contributed by atoms with van der Waals surface area (Å²) >= 11 is 7.57. The fourth-order valence-electron chi connectivity index (χ4n) is 3.52. The molecule has 0 unspecified atom stereocenters. The molecule has 3 aromatic carbocycles. The number of halogens is 1. The van der Waals surface area contributed by atoms with E-state index in [9.17, 15) is 9.59 Å². The van der Waals surface area contributed by atoms with Gasteiger partial charge in [-0.15, -0.1) is 10.2 Å². The van der Waals surface area contributed by atoms with Gasteiger partial charge < -0.3 is 5.32 Å². The highest BCUT2D eigenvalue weighted by Crippen LogP contribution is 2.26. The molecular weight excluding hydrogens is 456 g/mol. The minimum atomic E-state index is -0.0604. The standard InChI is InChI=1S/C25H23ClN4O2S/c1-17(31)27-13-5-10-24-28-29-25(30(24)22-9-4-8-21(26)15-22)33-16-23(32)20-12-11-18-6-2-3-7-19(18)14-20/h2-4,6-9,11-12,14-15H,5,10,13,16H2,1H3,(H,27,31). The van der Waals surface area contributed by atoms with E-state index in [1.165, 1.54) is 18.7 Å². The summed E-state index contributed by atoms with van der Waals surface area (Å²) < 4.78 is 1.93. The molecule has 0 atom stereocenters. The predicted octanol–water partition coefficient (Wildman–Crippen LogP) is 5.12. The molecule has 4 aromatic rings. The van der Waals surface area contributed by atoms with Crippen LogP contribution in [0.25, 0.3) is 16.5 Å². The number of hydrogen-bond acceptors (Lipinski definition) is 5. The fraction of sp³-hybridized carbons (Fsp3) is 0.200. The van der Waals surface area contributed by atoms with Gasteiger partial charge in [-0.3, -0.25) is 14.2 Å². The average Bonchev–Trinajstić information content (AvgIpc) is 3.22. The first-order chi connectivity index (χ1) is 16.0. The topological polar surface area (TPSA) is 76.9 Å². The number of rotatable bonds is 9. The number of Topliss-reactive ketones (excluding diaryl/α,β-unsaturated/α-hetero) is 1. The maximum absolute atomic E-state index is 12.9. The largest absolute Gasteiger partial charge is 0.356 e. The van der Waals surface area contributed by atoms with Crippen LogP contribution in [-0.2, 0) is 11.2 Å². The molecule has 0 aliphatic carbocycles. The Kier molecular flexibility index (Phi) is 7.42. The molecule has 6 nitrogen and oxygen atoms in total. The molecule has 0 radical (unpaired) electrons. The van der Waals surface area contributed by atoms with E-state index in [1.54, 1.807) is 0 Å². The zero-order valence-corrected chi connectivity index (χ0v) is 19.7. The lowest BCUT2D eigenvalue weighted by atomic mass is 10.1. The van der Waals surface area contributed by atoms with E-state index in [0.717, 1.165) is 28.7 Å². The molecule has 1 N–H and O–H groups in total. The van der Waals surface area contributed by atoms with Gasteiger partial charge in [-0.1, -0.05) is 65.8 Å². The minimum Gasteiger partial charge on any atom is -0.356 e. The van der Waals surface area contributed by atoms with Gasteiger partial charge in [0.15, 0.2) is 10.9 Å². The molecule has 1 aromatic heterocycles.